The lowest BCUT2D eigenvalue weighted by Crippen LogP contribution is -2.56. The lowest BCUT2D eigenvalue weighted by Gasteiger charge is -2.43. The van der Waals surface area contributed by atoms with Crippen molar-refractivity contribution in [1.29, 1.82) is 0 Å². The molecule has 0 spiro atoms. The molecule has 2 saturated heterocycles. The summed E-state index contributed by atoms with van der Waals surface area (Å²) in [6, 6.07) is 25.7. The second-order valence-electron chi connectivity index (χ2n) is 10.3. The van der Waals surface area contributed by atoms with Crippen molar-refractivity contribution < 1.29 is 4.79 Å². The number of carbonyl (C=O) groups is 1. The van der Waals surface area contributed by atoms with Crippen LogP contribution in [0.1, 0.15) is 37.7 Å². The molecule has 0 bridgehead atoms. The van der Waals surface area contributed by atoms with Crippen LogP contribution in [0.3, 0.4) is 0 Å². The van der Waals surface area contributed by atoms with E-state index in [4.69, 9.17) is 0 Å². The number of carbonyl (C=O) groups excluding carboxylic acids is 1. The molecule has 5 heteroatoms. The van der Waals surface area contributed by atoms with Crippen molar-refractivity contribution in [3.63, 3.8) is 0 Å². The van der Waals surface area contributed by atoms with E-state index in [0.29, 0.717) is 13.1 Å². The van der Waals surface area contributed by atoms with E-state index in [2.05, 4.69) is 93.2 Å². The predicted molar refractivity (Wildman–Crippen MR) is 145 cm³/mol. The number of rotatable bonds is 8. The molecule has 0 saturated carbocycles. The maximum Gasteiger partial charge on any atom is 0.234 e. The van der Waals surface area contributed by atoms with Crippen LogP contribution in [0.2, 0.25) is 0 Å². The summed E-state index contributed by atoms with van der Waals surface area (Å²) in [4.78, 5) is 17.7. The predicted octanol–water partition coefficient (Wildman–Crippen LogP) is 4.89. The van der Waals surface area contributed by atoms with E-state index >= 15 is 0 Å². The Hall–Kier alpha value is -2.89. The van der Waals surface area contributed by atoms with Gasteiger partial charge in [0.15, 0.2) is 0 Å². The van der Waals surface area contributed by atoms with E-state index in [9.17, 15) is 4.79 Å². The lowest BCUT2D eigenvalue weighted by atomic mass is 9.86. The van der Waals surface area contributed by atoms with Crippen molar-refractivity contribution in [2.24, 2.45) is 0 Å². The van der Waals surface area contributed by atoms with Crippen LogP contribution >= 0.6 is 0 Å². The van der Waals surface area contributed by atoms with Gasteiger partial charge in [-0.25, -0.2) is 0 Å². The van der Waals surface area contributed by atoms with Crippen LogP contribution in [0.25, 0.3) is 10.8 Å². The smallest absolute Gasteiger partial charge is 0.234 e. The third-order valence-corrected chi connectivity index (χ3v) is 7.69. The summed E-state index contributed by atoms with van der Waals surface area (Å²) >= 11 is 0. The van der Waals surface area contributed by atoms with Gasteiger partial charge in [0.2, 0.25) is 5.91 Å². The number of hydrogen-bond acceptors (Lipinski definition) is 4. The molecule has 0 atom stereocenters. The van der Waals surface area contributed by atoms with Gasteiger partial charge >= 0.3 is 0 Å². The molecule has 3 aromatic rings. The summed E-state index contributed by atoms with van der Waals surface area (Å²) in [6.07, 6.45) is 5.68. The van der Waals surface area contributed by atoms with E-state index in [1.54, 1.807) is 0 Å². The maximum atomic E-state index is 12.9. The Bertz CT molecular complexity index is 1100. The average molecular weight is 471 g/mol. The van der Waals surface area contributed by atoms with Crippen LogP contribution in [-0.2, 0) is 11.3 Å². The fraction of sp³-hybridized carbons (Fsp3) is 0.433. The number of nitrogens with one attached hydrogen (secondary N) is 2. The number of nitrogens with zero attached hydrogens (tertiary/aromatic N) is 2. The summed E-state index contributed by atoms with van der Waals surface area (Å²) in [5.74, 6) is 0.151. The number of benzene rings is 3. The minimum Gasteiger partial charge on any atom is -0.377 e. The Morgan fingerprint density at radius 3 is 2.29 bits per heavy atom. The largest absolute Gasteiger partial charge is 0.377 e. The minimum absolute atomic E-state index is 0.151. The second kappa shape index (κ2) is 11.2. The summed E-state index contributed by atoms with van der Waals surface area (Å²) in [5, 5.41) is 9.71. The summed E-state index contributed by atoms with van der Waals surface area (Å²) in [5.41, 5.74) is 2.36. The normalized spacial score (nSPS) is 18.9. The van der Waals surface area contributed by atoms with E-state index in [0.717, 1.165) is 51.3 Å². The first-order valence-electron chi connectivity index (χ1n) is 13.2. The SMILES string of the molecule is O=C(CN1CCCCC1)NCC1(Nc2cccc3ccccc23)CCN(Cc2ccccc2)CC1. The molecule has 5 nitrogen and oxygen atoms in total. The molecule has 2 aliphatic heterocycles. The first-order valence-corrected chi connectivity index (χ1v) is 13.2. The monoisotopic (exact) mass is 470 g/mol. The zero-order valence-electron chi connectivity index (χ0n) is 20.7. The van der Waals surface area contributed by atoms with Gasteiger partial charge in [0.1, 0.15) is 0 Å². The van der Waals surface area contributed by atoms with Gasteiger partial charge in [0.25, 0.3) is 0 Å². The Kier molecular flexibility index (Phi) is 7.65. The Morgan fingerprint density at radius 1 is 0.771 bits per heavy atom. The zero-order valence-corrected chi connectivity index (χ0v) is 20.7. The number of anilines is 1. The molecule has 0 radical (unpaired) electrons. The van der Waals surface area contributed by atoms with E-state index < -0.39 is 0 Å². The van der Waals surface area contributed by atoms with E-state index in [-0.39, 0.29) is 11.4 Å². The fourth-order valence-electron chi connectivity index (χ4n) is 5.59. The molecule has 0 aliphatic carbocycles. The molecule has 2 heterocycles. The highest BCUT2D eigenvalue weighted by Crippen LogP contribution is 2.31. The number of amides is 1. The van der Waals surface area contributed by atoms with Crippen LogP contribution in [-0.4, -0.2) is 60.5 Å². The van der Waals surface area contributed by atoms with Gasteiger partial charge in [0, 0.05) is 37.3 Å². The molecule has 0 aromatic heterocycles. The van der Waals surface area contributed by atoms with Crippen molar-refractivity contribution in [1.82, 2.24) is 15.1 Å². The number of likely N-dealkylation sites (tertiary alicyclic amines) is 2. The van der Waals surface area contributed by atoms with Gasteiger partial charge in [-0.3, -0.25) is 14.6 Å². The highest BCUT2D eigenvalue weighted by Gasteiger charge is 2.35. The van der Waals surface area contributed by atoms with Gasteiger partial charge in [-0.15, -0.1) is 0 Å². The zero-order chi connectivity index (χ0) is 23.9. The van der Waals surface area contributed by atoms with Crippen LogP contribution in [0.4, 0.5) is 5.69 Å². The number of hydrogen-bond donors (Lipinski definition) is 2. The van der Waals surface area contributed by atoms with Crippen LogP contribution < -0.4 is 10.6 Å². The topological polar surface area (TPSA) is 47.6 Å². The molecular weight excluding hydrogens is 432 g/mol. The third kappa shape index (κ3) is 6.22. The van der Waals surface area contributed by atoms with Gasteiger partial charge in [-0.2, -0.15) is 0 Å². The number of piperidine rings is 2. The third-order valence-electron chi connectivity index (χ3n) is 7.69. The second-order valence-corrected chi connectivity index (χ2v) is 10.3. The molecule has 0 unspecified atom stereocenters. The highest BCUT2D eigenvalue weighted by atomic mass is 16.2. The standard InChI is InChI=1S/C30H38N4O/c35-29(23-33-18-7-2-8-19-33)31-24-30(32-28-15-9-13-26-12-5-6-14-27(26)28)16-20-34(21-17-30)22-25-10-3-1-4-11-25/h1,3-6,9-15,32H,2,7-8,16-24H2,(H,31,35). The van der Waals surface area contributed by atoms with Gasteiger partial charge in [-0.05, 0) is 55.8 Å². The van der Waals surface area contributed by atoms with Crippen LogP contribution in [0.15, 0.2) is 72.8 Å². The fourth-order valence-corrected chi connectivity index (χ4v) is 5.59. The minimum atomic E-state index is -0.158. The molecule has 184 valence electrons. The maximum absolute atomic E-state index is 12.9. The molecule has 2 N–H and O–H groups in total. The van der Waals surface area contributed by atoms with Crippen molar-refractivity contribution >= 4 is 22.4 Å². The Labute approximate surface area is 209 Å². The number of fused-ring (bicyclic) bond motifs is 1. The van der Waals surface area contributed by atoms with Crippen molar-refractivity contribution in [3.05, 3.63) is 78.4 Å². The van der Waals surface area contributed by atoms with Crippen LogP contribution in [0, 0.1) is 0 Å². The first kappa shape index (κ1) is 23.8. The molecular formula is C30H38N4O. The van der Waals surface area contributed by atoms with Crippen molar-refractivity contribution in [2.75, 3.05) is 44.6 Å². The van der Waals surface area contributed by atoms with Crippen molar-refractivity contribution in [2.45, 2.75) is 44.2 Å². The molecule has 5 rings (SSSR count). The molecule has 2 fully saturated rings. The van der Waals surface area contributed by atoms with Gasteiger partial charge < -0.3 is 10.6 Å². The molecule has 35 heavy (non-hydrogen) atoms. The molecule has 2 aliphatic rings. The van der Waals surface area contributed by atoms with Crippen LogP contribution in [0.5, 0.6) is 0 Å². The summed E-state index contributed by atoms with van der Waals surface area (Å²) in [6.45, 7) is 6.25. The first-order chi connectivity index (χ1) is 17.2. The quantitative estimate of drug-likeness (QED) is 0.492. The molecule has 3 aromatic carbocycles. The Morgan fingerprint density at radius 2 is 1.49 bits per heavy atom. The Balaban J connectivity index is 1.28. The average Bonchev–Trinajstić information content (AvgIpc) is 2.90. The van der Waals surface area contributed by atoms with E-state index in [1.807, 2.05) is 0 Å². The lowest BCUT2D eigenvalue weighted by molar-refractivity contribution is -0.122. The summed E-state index contributed by atoms with van der Waals surface area (Å²) in [7, 11) is 0. The van der Waals surface area contributed by atoms with Gasteiger partial charge in [-0.1, -0.05) is 73.2 Å². The highest BCUT2D eigenvalue weighted by molar-refractivity contribution is 5.94. The summed E-state index contributed by atoms with van der Waals surface area (Å²) < 4.78 is 0. The molecule has 1 amide bonds. The van der Waals surface area contributed by atoms with Crippen molar-refractivity contribution in [3.8, 4) is 0 Å². The van der Waals surface area contributed by atoms with E-state index in [1.165, 1.54) is 35.6 Å². The van der Waals surface area contributed by atoms with Gasteiger partial charge in [0.05, 0.1) is 12.1 Å².